The summed E-state index contributed by atoms with van der Waals surface area (Å²) in [5, 5.41) is 2.45. The second-order valence-electron chi connectivity index (χ2n) is 3.16. The maximum absolute atomic E-state index is 11.4. The number of hydrazine groups is 1. The molecule has 0 saturated carbocycles. The van der Waals surface area contributed by atoms with Crippen molar-refractivity contribution in [1.29, 1.82) is 0 Å². The van der Waals surface area contributed by atoms with Crippen molar-refractivity contribution >= 4 is 17.8 Å². The molecule has 0 aromatic carbocycles. The molecule has 1 heterocycles. The van der Waals surface area contributed by atoms with E-state index in [0.29, 0.717) is 6.54 Å². The van der Waals surface area contributed by atoms with Crippen molar-refractivity contribution < 1.29 is 19.1 Å². The van der Waals surface area contributed by atoms with Crippen LogP contribution in [0, 0.1) is 0 Å². The predicted molar refractivity (Wildman–Crippen MR) is 58.1 cm³/mol. The third-order valence-corrected chi connectivity index (χ3v) is 1.83. The Labute approximate surface area is 97.9 Å². The first-order valence-corrected chi connectivity index (χ1v) is 4.93. The van der Waals surface area contributed by atoms with Crippen LogP contribution in [0.25, 0.3) is 0 Å². The highest BCUT2D eigenvalue weighted by Gasteiger charge is 2.17. The van der Waals surface area contributed by atoms with Gasteiger partial charge in [-0.3, -0.25) is 20.4 Å². The smallest absolute Gasteiger partial charge is 0.356 e. The Hall–Kier alpha value is -2.31. The minimum absolute atomic E-state index is 0.0973. The molecular formula is C10H13N3O4. The van der Waals surface area contributed by atoms with E-state index >= 15 is 0 Å². The van der Waals surface area contributed by atoms with Crippen molar-refractivity contribution in [3.8, 4) is 0 Å². The average Bonchev–Trinajstić information content (AvgIpc) is 2.34. The molecule has 7 heteroatoms. The number of amides is 2. The summed E-state index contributed by atoms with van der Waals surface area (Å²) in [5.74, 6) is -1.36. The number of esters is 1. The zero-order chi connectivity index (χ0) is 12.7. The van der Waals surface area contributed by atoms with E-state index in [2.05, 4.69) is 22.7 Å². The van der Waals surface area contributed by atoms with Crippen molar-refractivity contribution in [1.82, 2.24) is 16.2 Å². The third-order valence-electron chi connectivity index (χ3n) is 1.83. The number of rotatable bonds is 5. The Morgan fingerprint density at radius 2 is 2.29 bits per heavy atom. The largest absolute Gasteiger partial charge is 0.451 e. The standard InChI is InChI=1S/C10H13N3O4/c1-2-5-11-9(15)6-17-10(16)7-3-4-8(14)13-12-7/h2-3,12H,1,4-6H2,(H,11,15)(H,13,14). The molecule has 0 aliphatic carbocycles. The maximum Gasteiger partial charge on any atom is 0.356 e. The molecule has 0 unspecified atom stereocenters. The summed E-state index contributed by atoms with van der Waals surface area (Å²) in [5.41, 5.74) is 4.75. The minimum Gasteiger partial charge on any atom is -0.451 e. The first kappa shape index (κ1) is 12.8. The van der Waals surface area contributed by atoms with Crippen molar-refractivity contribution in [2.45, 2.75) is 6.42 Å². The van der Waals surface area contributed by atoms with E-state index < -0.39 is 11.9 Å². The van der Waals surface area contributed by atoms with Crippen molar-refractivity contribution in [3.05, 3.63) is 24.4 Å². The van der Waals surface area contributed by atoms with E-state index in [0.717, 1.165) is 0 Å². The Balaban J connectivity index is 2.32. The van der Waals surface area contributed by atoms with E-state index in [1.807, 2.05) is 0 Å². The van der Waals surface area contributed by atoms with Crippen molar-refractivity contribution in [3.63, 3.8) is 0 Å². The molecular weight excluding hydrogens is 226 g/mol. The molecule has 0 atom stereocenters. The van der Waals surface area contributed by atoms with Crippen LogP contribution in [0.4, 0.5) is 0 Å². The third kappa shape index (κ3) is 4.37. The molecule has 0 spiro atoms. The maximum atomic E-state index is 11.4. The zero-order valence-corrected chi connectivity index (χ0v) is 9.12. The summed E-state index contributed by atoms with van der Waals surface area (Å²) in [7, 11) is 0. The van der Waals surface area contributed by atoms with Gasteiger partial charge in [0.05, 0.1) is 0 Å². The lowest BCUT2D eigenvalue weighted by molar-refractivity contribution is -0.145. The first-order valence-electron chi connectivity index (χ1n) is 4.93. The highest BCUT2D eigenvalue weighted by molar-refractivity contribution is 5.92. The van der Waals surface area contributed by atoms with Crippen LogP contribution in [0.15, 0.2) is 24.4 Å². The highest BCUT2D eigenvalue weighted by atomic mass is 16.5. The van der Waals surface area contributed by atoms with Gasteiger partial charge in [-0.2, -0.15) is 0 Å². The summed E-state index contributed by atoms with van der Waals surface area (Å²) >= 11 is 0. The molecule has 0 radical (unpaired) electrons. The van der Waals surface area contributed by atoms with Gasteiger partial charge < -0.3 is 10.1 Å². The summed E-state index contributed by atoms with van der Waals surface area (Å²) in [6.45, 7) is 3.36. The van der Waals surface area contributed by atoms with Gasteiger partial charge in [0, 0.05) is 13.0 Å². The Bertz CT molecular complexity index is 376. The van der Waals surface area contributed by atoms with Gasteiger partial charge >= 0.3 is 5.97 Å². The quantitative estimate of drug-likeness (QED) is 0.411. The number of ether oxygens (including phenoxy) is 1. The van der Waals surface area contributed by atoms with Crippen LogP contribution in [0.5, 0.6) is 0 Å². The van der Waals surface area contributed by atoms with Crippen LogP contribution in [-0.4, -0.2) is 30.9 Å². The van der Waals surface area contributed by atoms with Crippen LogP contribution < -0.4 is 16.2 Å². The van der Waals surface area contributed by atoms with Gasteiger partial charge in [-0.05, 0) is 6.08 Å². The number of carbonyl (C=O) groups excluding carboxylic acids is 3. The van der Waals surface area contributed by atoms with Crippen LogP contribution in [0.2, 0.25) is 0 Å². The second kappa shape index (κ2) is 6.31. The minimum atomic E-state index is -0.696. The normalized spacial score (nSPS) is 13.9. The topological polar surface area (TPSA) is 96.5 Å². The van der Waals surface area contributed by atoms with Crippen LogP contribution in [-0.2, 0) is 19.1 Å². The molecule has 7 nitrogen and oxygen atoms in total. The van der Waals surface area contributed by atoms with Crippen LogP contribution in [0.1, 0.15) is 6.42 Å². The zero-order valence-electron chi connectivity index (χ0n) is 9.12. The summed E-state index contributed by atoms with van der Waals surface area (Å²) < 4.78 is 4.71. The van der Waals surface area contributed by atoms with Gasteiger partial charge in [0.2, 0.25) is 5.91 Å². The van der Waals surface area contributed by atoms with E-state index in [4.69, 9.17) is 4.74 Å². The van der Waals surface area contributed by atoms with E-state index in [1.165, 1.54) is 12.2 Å². The second-order valence-corrected chi connectivity index (χ2v) is 3.16. The van der Waals surface area contributed by atoms with E-state index in [9.17, 15) is 14.4 Å². The Kier molecular flexibility index (Phi) is 4.74. The van der Waals surface area contributed by atoms with Gasteiger partial charge in [-0.1, -0.05) is 6.08 Å². The van der Waals surface area contributed by atoms with E-state index in [1.54, 1.807) is 0 Å². The molecule has 2 amide bonds. The first-order chi connectivity index (χ1) is 8.13. The van der Waals surface area contributed by atoms with Gasteiger partial charge in [0.1, 0.15) is 5.70 Å². The fraction of sp³-hybridized carbons (Fsp3) is 0.300. The van der Waals surface area contributed by atoms with Crippen molar-refractivity contribution in [2.75, 3.05) is 13.2 Å². The fourth-order valence-electron chi connectivity index (χ4n) is 1.01. The molecule has 3 N–H and O–H groups in total. The summed E-state index contributed by atoms with van der Waals surface area (Å²) in [6, 6.07) is 0. The molecule has 0 aromatic heterocycles. The van der Waals surface area contributed by atoms with Gasteiger partial charge in [-0.15, -0.1) is 6.58 Å². The van der Waals surface area contributed by atoms with Crippen LogP contribution in [0.3, 0.4) is 0 Å². The molecule has 1 aliphatic heterocycles. The fourth-order valence-corrected chi connectivity index (χ4v) is 1.01. The molecule has 1 aliphatic rings. The molecule has 0 saturated heterocycles. The lowest BCUT2D eigenvalue weighted by atomic mass is 10.3. The molecule has 17 heavy (non-hydrogen) atoms. The SMILES string of the molecule is C=CCNC(=O)COC(=O)C1=CCC(=O)NN1. The van der Waals surface area contributed by atoms with Gasteiger partial charge in [-0.25, -0.2) is 4.79 Å². The number of hydrogen-bond acceptors (Lipinski definition) is 5. The molecule has 1 rings (SSSR count). The Morgan fingerprint density at radius 3 is 2.88 bits per heavy atom. The highest BCUT2D eigenvalue weighted by Crippen LogP contribution is 1.99. The number of nitrogens with one attached hydrogen (secondary N) is 3. The summed E-state index contributed by atoms with van der Waals surface area (Å²) in [4.78, 5) is 33.2. The lowest BCUT2D eigenvalue weighted by Crippen LogP contribution is -2.42. The monoisotopic (exact) mass is 239 g/mol. The Morgan fingerprint density at radius 1 is 1.53 bits per heavy atom. The predicted octanol–water partition coefficient (Wildman–Crippen LogP) is -1.26. The molecule has 0 fully saturated rings. The summed E-state index contributed by atoms with van der Waals surface area (Å²) in [6.07, 6.45) is 3.00. The number of carbonyl (C=O) groups is 3. The van der Waals surface area contributed by atoms with Gasteiger partial charge in [0.15, 0.2) is 6.61 Å². The van der Waals surface area contributed by atoms with Crippen molar-refractivity contribution in [2.24, 2.45) is 0 Å². The van der Waals surface area contributed by atoms with E-state index in [-0.39, 0.29) is 24.6 Å². The molecule has 0 aromatic rings. The number of hydrogen-bond donors (Lipinski definition) is 3. The molecule has 92 valence electrons. The molecule has 0 bridgehead atoms. The van der Waals surface area contributed by atoms with Gasteiger partial charge in [0.25, 0.3) is 5.91 Å². The average molecular weight is 239 g/mol. The lowest BCUT2D eigenvalue weighted by Gasteiger charge is -2.15. The van der Waals surface area contributed by atoms with Crippen LogP contribution >= 0.6 is 0 Å².